The van der Waals surface area contributed by atoms with Gasteiger partial charge in [-0.2, -0.15) is 26.3 Å². The summed E-state index contributed by atoms with van der Waals surface area (Å²) in [4.78, 5) is 12.3. The average molecular weight is 405 g/mol. The number of nitrogens with one attached hydrogen (secondary N) is 1. The van der Waals surface area contributed by atoms with Crippen molar-refractivity contribution in [2.24, 2.45) is 0 Å². The first-order valence-corrected chi connectivity index (χ1v) is 8.12. The molecule has 1 atom stereocenters. The Kier molecular flexibility index (Phi) is 5.96. The lowest BCUT2D eigenvalue weighted by Crippen LogP contribution is -2.31. The molecule has 0 aliphatic heterocycles. The molecule has 0 aromatic heterocycles. The standard InChI is InChI=1S/C19H17F6NO2/c1-10-5-4-6-11(2)16(10)26-17(27)12(3)28-15-8-13(18(20,21)22)7-14(9-15)19(23,24)25/h4-9,12H,1-3H3,(H,26,27). The highest BCUT2D eigenvalue weighted by atomic mass is 19.4. The third-order valence-corrected chi connectivity index (χ3v) is 3.97. The number of carbonyl (C=O) groups excluding carboxylic acids is 1. The fourth-order valence-electron chi connectivity index (χ4n) is 2.49. The van der Waals surface area contributed by atoms with Crippen LogP contribution in [0.4, 0.5) is 32.0 Å². The first-order chi connectivity index (χ1) is 12.8. The third kappa shape index (κ3) is 5.17. The lowest BCUT2D eigenvalue weighted by atomic mass is 10.1. The van der Waals surface area contributed by atoms with Crippen LogP contribution in [0.1, 0.15) is 29.2 Å². The lowest BCUT2D eigenvalue weighted by Gasteiger charge is -2.19. The molecule has 9 heteroatoms. The maximum Gasteiger partial charge on any atom is 0.416 e. The van der Waals surface area contributed by atoms with Crippen molar-refractivity contribution in [2.45, 2.75) is 39.2 Å². The van der Waals surface area contributed by atoms with Crippen LogP contribution in [0.5, 0.6) is 5.75 Å². The number of rotatable bonds is 4. The molecule has 1 N–H and O–H groups in total. The van der Waals surface area contributed by atoms with E-state index in [1.807, 2.05) is 0 Å². The van der Waals surface area contributed by atoms with E-state index in [9.17, 15) is 31.1 Å². The van der Waals surface area contributed by atoms with Gasteiger partial charge in [0.1, 0.15) is 5.75 Å². The fourth-order valence-corrected chi connectivity index (χ4v) is 2.49. The largest absolute Gasteiger partial charge is 0.481 e. The number of hydrogen-bond donors (Lipinski definition) is 1. The molecule has 0 heterocycles. The Morgan fingerprint density at radius 3 is 1.82 bits per heavy atom. The Hall–Kier alpha value is -2.71. The number of aryl methyl sites for hydroxylation is 2. The number of amides is 1. The smallest absolute Gasteiger partial charge is 0.416 e. The molecule has 0 saturated carbocycles. The predicted octanol–water partition coefficient (Wildman–Crippen LogP) is 5.75. The summed E-state index contributed by atoms with van der Waals surface area (Å²) in [5.74, 6) is -1.41. The summed E-state index contributed by atoms with van der Waals surface area (Å²) in [6.07, 6.45) is -11.3. The molecule has 3 nitrogen and oxygen atoms in total. The number of carbonyl (C=O) groups is 1. The average Bonchev–Trinajstić information content (AvgIpc) is 2.56. The van der Waals surface area contributed by atoms with Crippen LogP contribution in [0.25, 0.3) is 0 Å². The molecule has 0 spiro atoms. The van der Waals surface area contributed by atoms with E-state index in [4.69, 9.17) is 4.74 Å². The highest BCUT2D eigenvalue weighted by Gasteiger charge is 2.37. The molecule has 152 valence electrons. The molecule has 2 aromatic rings. The van der Waals surface area contributed by atoms with Crippen LogP contribution in [0.15, 0.2) is 36.4 Å². The molecule has 0 aliphatic rings. The van der Waals surface area contributed by atoms with Crippen LogP contribution < -0.4 is 10.1 Å². The van der Waals surface area contributed by atoms with Gasteiger partial charge in [-0.3, -0.25) is 4.79 Å². The number of halogens is 6. The molecule has 0 bridgehead atoms. The molecule has 1 unspecified atom stereocenters. The normalized spacial score (nSPS) is 13.2. The Bertz CT molecular complexity index is 821. The van der Waals surface area contributed by atoms with E-state index in [0.717, 1.165) is 11.1 Å². The molecular formula is C19H17F6NO2. The van der Waals surface area contributed by atoms with Gasteiger partial charge < -0.3 is 10.1 Å². The quantitative estimate of drug-likeness (QED) is 0.658. The van der Waals surface area contributed by atoms with Gasteiger partial charge in [-0.05, 0) is 50.1 Å². The van der Waals surface area contributed by atoms with Crippen LogP contribution in [0.3, 0.4) is 0 Å². The first kappa shape index (κ1) is 21.6. The van der Waals surface area contributed by atoms with Gasteiger partial charge in [0.05, 0.1) is 11.1 Å². The monoisotopic (exact) mass is 405 g/mol. The molecular weight excluding hydrogens is 388 g/mol. The summed E-state index contributed by atoms with van der Waals surface area (Å²) < 4.78 is 82.5. The zero-order valence-electron chi connectivity index (χ0n) is 15.1. The summed E-state index contributed by atoms with van der Waals surface area (Å²) in [5.41, 5.74) is -1.03. The summed E-state index contributed by atoms with van der Waals surface area (Å²) in [6.45, 7) is 4.73. The fraction of sp³-hybridized carbons (Fsp3) is 0.316. The predicted molar refractivity (Wildman–Crippen MR) is 91.1 cm³/mol. The van der Waals surface area contributed by atoms with Crippen molar-refractivity contribution < 1.29 is 35.9 Å². The minimum atomic E-state index is -5.00. The van der Waals surface area contributed by atoms with Crippen LogP contribution in [-0.2, 0) is 17.1 Å². The maximum atomic E-state index is 12.9. The van der Waals surface area contributed by atoms with Crippen molar-refractivity contribution in [3.63, 3.8) is 0 Å². The van der Waals surface area contributed by atoms with Crippen molar-refractivity contribution in [1.82, 2.24) is 0 Å². The molecule has 0 radical (unpaired) electrons. The van der Waals surface area contributed by atoms with Gasteiger partial charge in [0.15, 0.2) is 6.10 Å². The highest BCUT2D eigenvalue weighted by molar-refractivity contribution is 5.95. The van der Waals surface area contributed by atoms with Crippen LogP contribution in [0.2, 0.25) is 0 Å². The van der Waals surface area contributed by atoms with Gasteiger partial charge in [0.25, 0.3) is 5.91 Å². The second kappa shape index (κ2) is 7.73. The summed E-state index contributed by atoms with van der Waals surface area (Å²) in [7, 11) is 0. The minimum Gasteiger partial charge on any atom is -0.481 e. The Morgan fingerprint density at radius 2 is 1.39 bits per heavy atom. The van der Waals surface area contributed by atoms with Crippen LogP contribution in [-0.4, -0.2) is 12.0 Å². The topological polar surface area (TPSA) is 38.3 Å². The molecule has 0 fully saturated rings. The van der Waals surface area contributed by atoms with E-state index >= 15 is 0 Å². The third-order valence-electron chi connectivity index (χ3n) is 3.97. The van der Waals surface area contributed by atoms with Crippen LogP contribution in [0, 0.1) is 13.8 Å². The second-order valence-electron chi connectivity index (χ2n) is 6.26. The molecule has 2 aromatic carbocycles. The molecule has 0 saturated heterocycles. The Labute approximate surface area is 157 Å². The van der Waals surface area contributed by atoms with E-state index in [1.54, 1.807) is 32.0 Å². The number of alkyl halides is 6. The summed E-state index contributed by atoms with van der Waals surface area (Å²) >= 11 is 0. The van der Waals surface area contributed by atoms with Crippen molar-refractivity contribution in [1.29, 1.82) is 0 Å². The van der Waals surface area contributed by atoms with Gasteiger partial charge in [0.2, 0.25) is 0 Å². The minimum absolute atomic E-state index is 0.00567. The first-order valence-electron chi connectivity index (χ1n) is 8.12. The zero-order valence-corrected chi connectivity index (χ0v) is 15.1. The number of anilines is 1. The Balaban J connectivity index is 2.27. The van der Waals surface area contributed by atoms with Crippen LogP contribution >= 0.6 is 0 Å². The lowest BCUT2D eigenvalue weighted by molar-refractivity contribution is -0.143. The molecule has 28 heavy (non-hydrogen) atoms. The second-order valence-corrected chi connectivity index (χ2v) is 6.26. The van der Waals surface area contributed by atoms with Crippen molar-refractivity contribution >= 4 is 11.6 Å². The van der Waals surface area contributed by atoms with Gasteiger partial charge in [0, 0.05) is 5.69 Å². The number of hydrogen-bond acceptors (Lipinski definition) is 2. The van der Waals surface area contributed by atoms with E-state index in [-0.39, 0.29) is 6.07 Å². The number of ether oxygens (including phenoxy) is 1. The summed E-state index contributed by atoms with van der Waals surface area (Å²) in [5, 5.41) is 2.58. The van der Waals surface area contributed by atoms with E-state index in [0.29, 0.717) is 17.8 Å². The van der Waals surface area contributed by atoms with Crippen molar-refractivity contribution in [3.05, 3.63) is 58.7 Å². The maximum absolute atomic E-state index is 12.9. The van der Waals surface area contributed by atoms with Gasteiger partial charge >= 0.3 is 12.4 Å². The molecule has 0 aliphatic carbocycles. The highest BCUT2D eigenvalue weighted by Crippen LogP contribution is 2.38. The molecule has 2 rings (SSSR count). The number of benzene rings is 2. The summed E-state index contributed by atoms with van der Waals surface area (Å²) in [6, 6.07) is 6.12. The SMILES string of the molecule is Cc1cccc(C)c1NC(=O)C(C)Oc1cc(C(F)(F)F)cc(C(F)(F)F)c1. The molecule has 1 amide bonds. The van der Waals surface area contributed by atoms with E-state index in [2.05, 4.69) is 5.32 Å². The number of para-hydroxylation sites is 1. The van der Waals surface area contributed by atoms with Crippen molar-refractivity contribution in [3.8, 4) is 5.75 Å². The van der Waals surface area contributed by atoms with Gasteiger partial charge in [-0.25, -0.2) is 0 Å². The Morgan fingerprint density at radius 1 is 0.929 bits per heavy atom. The van der Waals surface area contributed by atoms with Gasteiger partial charge in [-0.1, -0.05) is 18.2 Å². The van der Waals surface area contributed by atoms with Gasteiger partial charge in [-0.15, -0.1) is 0 Å². The van der Waals surface area contributed by atoms with Crippen molar-refractivity contribution in [2.75, 3.05) is 5.32 Å². The van der Waals surface area contributed by atoms with E-state index < -0.39 is 41.2 Å². The van der Waals surface area contributed by atoms with E-state index in [1.165, 1.54) is 6.92 Å². The zero-order chi connectivity index (χ0) is 21.3.